The summed E-state index contributed by atoms with van der Waals surface area (Å²) in [6, 6.07) is 22.0. The Hall–Kier alpha value is -3.27. The zero-order valence-electron chi connectivity index (χ0n) is 15.1. The minimum Gasteiger partial charge on any atom is -0.493 e. The van der Waals surface area contributed by atoms with E-state index in [4.69, 9.17) is 14.2 Å². The molecule has 4 heteroatoms. The molecular weight excluding hydrogens is 340 g/mol. The first-order chi connectivity index (χ1) is 13.3. The van der Waals surface area contributed by atoms with Crippen LogP contribution < -0.4 is 9.47 Å². The normalized spacial score (nSPS) is 10.4. The van der Waals surface area contributed by atoms with Gasteiger partial charge in [0.2, 0.25) is 0 Å². The monoisotopic (exact) mass is 362 g/mol. The average Bonchev–Trinajstić information content (AvgIpc) is 2.72. The number of ether oxygens (including phenoxy) is 3. The number of hydrogen-bond acceptors (Lipinski definition) is 4. The number of carbonyl (C=O) groups is 1. The summed E-state index contributed by atoms with van der Waals surface area (Å²) in [5.74, 6) is 1.10. The number of benzene rings is 3. The molecule has 0 N–H and O–H groups in total. The second-order valence-electron chi connectivity index (χ2n) is 5.91. The average molecular weight is 362 g/mol. The van der Waals surface area contributed by atoms with E-state index in [-0.39, 0.29) is 13.2 Å². The van der Waals surface area contributed by atoms with Crippen molar-refractivity contribution in [2.75, 3.05) is 19.8 Å². The van der Waals surface area contributed by atoms with Gasteiger partial charge in [-0.3, -0.25) is 0 Å². The molecule has 0 unspecified atom stereocenters. The Labute approximate surface area is 159 Å². The third kappa shape index (κ3) is 5.11. The summed E-state index contributed by atoms with van der Waals surface area (Å²) < 4.78 is 16.7. The Bertz CT molecular complexity index is 903. The lowest BCUT2D eigenvalue weighted by atomic mass is 10.1. The van der Waals surface area contributed by atoms with E-state index in [0.717, 1.165) is 34.8 Å². The van der Waals surface area contributed by atoms with E-state index in [2.05, 4.69) is 18.7 Å². The van der Waals surface area contributed by atoms with Gasteiger partial charge in [-0.15, -0.1) is 0 Å². The molecule has 0 spiro atoms. The van der Waals surface area contributed by atoms with Crippen molar-refractivity contribution in [2.24, 2.45) is 0 Å². The van der Waals surface area contributed by atoms with Crippen molar-refractivity contribution in [1.82, 2.24) is 0 Å². The van der Waals surface area contributed by atoms with Crippen LogP contribution in [0.1, 0.15) is 5.56 Å². The van der Waals surface area contributed by atoms with E-state index in [1.54, 1.807) is 0 Å². The standard InChI is InChI=1S/C23H22O4/c1-2-23(24)27-17-16-26-22-13-7-10-19-20(22)11-6-12-21(19)25-15-14-18-8-4-3-5-9-18/h2-13H,1,14-17H2. The largest absolute Gasteiger partial charge is 0.493 e. The van der Waals surface area contributed by atoms with Crippen molar-refractivity contribution in [3.8, 4) is 11.5 Å². The lowest BCUT2D eigenvalue weighted by Crippen LogP contribution is -2.10. The molecule has 4 nitrogen and oxygen atoms in total. The summed E-state index contributed by atoms with van der Waals surface area (Å²) in [5, 5.41) is 1.95. The van der Waals surface area contributed by atoms with E-state index in [0.29, 0.717) is 6.61 Å². The number of rotatable bonds is 9. The zero-order valence-corrected chi connectivity index (χ0v) is 15.1. The predicted octanol–water partition coefficient (Wildman–Crippen LogP) is 4.57. The van der Waals surface area contributed by atoms with Crippen LogP contribution in [0.5, 0.6) is 11.5 Å². The van der Waals surface area contributed by atoms with Crippen LogP contribution in [0.2, 0.25) is 0 Å². The summed E-state index contributed by atoms with van der Waals surface area (Å²) in [6.07, 6.45) is 1.99. The van der Waals surface area contributed by atoms with E-state index < -0.39 is 5.97 Å². The summed E-state index contributed by atoms with van der Waals surface area (Å²) in [5.41, 5.74) is 1.25. The molecule has 3 rings (SSSR count). The SMILES string of the molecule is C=CC(=O)OCCOc1cccc2c(OCCc3ccccc3)cccc12. The maximum atomic E-state index is 11.1. The first-order valence-electron chi connectivity index (χ1n) is 8.88. The van der Waals surface area contributed by atoms with Crippen molar-refractivity contribution in [3.63, 3.8) is 0 Å². The molecule has 0 fully saturated rings. The molecule has 0 aromatic heterocycles. The van der Waals surface area contributed by atoms with Gasteiger partial charge in [-0.25, -0.2) is 4.79 Å². The van der Waals surface area contributed by atoms with Gasteiger partial charge in [0, 0.05) is 23.3 Å². The van der Waals surface area contributed by atoms with Crippen LogP contribution in [-0.4, -0.2) is 25.8 Å². The molecular formula is C23H22O4. The maximum absolute atomic E-state index is 11.1. The van der Waals surface area contributed by atoms with Crippen molar-refractivity contribution in [1.29, 1.82) is 0 Å². The summed E-state index contributed by atoms with van der Waals surface area (Å²) in [6.45, 7) is 4.42. The Morgan fingerprint density at radius 1 is 0.778 bits per heavy atom. The van der Waals surface area contributed by atoms with Crippen LogP contribution >= 0.6 is 0 Å². The Balaban J connectivity index is 1.65. The van der Waals surface area contributed by atoms with Crippen LogP contribution in [0.25, 0.3) is 10.8 Å². The van der Waals surface area contributed by atoms with Crippen molar-refractivity contribution in [2.45, 2.75) is 6.42 Å². The summed E-state index contributed by atoms with van der Waals surface area (Å²) in [7, 11) is 0. The highest BCUT2D eigenvalue weighted by atomic mass is 16.6. The van der Waals surface area contributed by atoms with E-state index in [1.807, 2.05) is 54.6 Å². The van der Waals surface area contributed by atoms with Crippen molar-refractivity contribution >= 4 is 16.7 Å². The Morgan fingerprint density at radius 3 is 2.04 bits per heavy atom. The number of fused-ring (bicyclic) bond motifs is 1. The van der Waals surface area contributed by atoms with E-state index in [9.17, 15) is 4.79 Å². The molecule has 138 valence electrons. The van der Waals surface area contributed by atoms with Gasteiger partial charge in [0.1, 0.15) is 24.7 Å². The quantitative estimate of drug-likeness (QED) is 0.318. The third-order valence-electron chi connectivity index (χ3n) is 4.09. The Morgan fingerprint density at radius 2 is 1.41 bits per heavy atom. The third-order valence-corrected chi connectivity index (χ3v) is 4.09. The van der Waals surface area contributed by atoms with Gasteiger partial charge in [0.05, 0.1) is 6.61 Å². The highest BCUT2D eigenvalue weighted by Gasteiger charge is 2.07. The highest BCUT2D eigenvalue weighted by Crippen LogP contribution is 2.32. The topological polar surface area (TPSA) is 44.8 Å². The zero-order chi connectivity index (χ0) is 18.9. The van der Waals surface area contributed by atoms with Gasteiger partial charge in [-0.2, -0.15) is 0 Å². The van der Waals surface area contributed by atoms with Crippen LogP contribution in [0, 0.1) is 0 Å². The van der Waals surface area contributed by atoms with Gasteiger partial charge in [-0.1, -0.05) is 61.2 Å². The number of carbonyl (C=O) groups excluding carboxylic acids is 1. The second kappa shape index (κ2) is 9.43. The molecule has 27 heavy (non-hydrogen) atoms. The van der Waals surface area contributed by atoms with Crippen LogP contribution in [-0.2, 0) is 16.0 Å². The van der Waals surface area contributed by atoms with Gasteiger partial charge in [-0.05, 0) is 17.7 Å². The molecule has 0 heterocycles. The molecule has 3 aromatic carbocycles. The van der Waals surface area contributed by atoms with Crippen molar-refractivity contribution in [3.05, 3.63) is 84.9 Å². The molecule has 0 aliphatic carbocycles. The van der Waals surface area contributed by atoms with Gasteiger partial charge < -0.3 is 14.2 Å². The predicted molar refractivity (Wildman–Crippen MR) is 106 cm³/mol. The smallest absolute Gasteiger partial charge is 0.330 e. The molecule has 0 aliphatic rings. The number of esters is 1. The lowest BCUT2D eigenvalue weighted by molar-refractivity contribution is -0.138. The van der Waals surface area contributed by atoms with Gasteiger partial charge >= 0.3 is 5.97 Å². The maximum Gasteiger partial charge on any atom is 0.330 e. The first kappa shape index (κ1) is 18.5. The van der Waals surface area contributed by atoms with Crippen molar-refractivity contribution < 1.29 is 19.0 Å². The molecule has 3 aromatic rings. The molecule has 0 radical (unpaired) electrons. The van der Waals surface area contributed by atoms with E-state index >= 15 is 0 Å². The summed E-state index contributed by atoms with van der Waals surface area (Å²) in [4.78, 5) is 11.1. The lowest BCUT2D eigenvalue weighted by Gasteiger charge is -2.13. The van der Waals surface area contributed by atoms with Crippen LogP contribution in [0.3, 0.4) is 0 Å². The van der Waals surface area contributed by atoms with Gasteiger partial charge in [0.25, 0.3) is 0 Å². The minimum absolute atomic E-state index is 0.175. The fourth-order valence-corrected chi connectivity index (χ4v) is 2.78. The van der Waals surface area contributed by atoms with Gasteiger partial charge in [0.15, 0.2) is 0 Å². The molecule has 0 atom stereocenters. The molecule has 0 amide bonds. The first-order valence-corrected chi connectivity index (χ1v) is 8.88. The highest BCUT2D eigenvalue weighted by molar-refractivity contribution is 5.93. The Kier molecular flexibility index (Phi) is 6.47. The fourth-order valence-electron chi connectivity index (χ4n) is 2.78. The fraction of sp³-hybridized carbons (Fsp3) is 0.174. The second-order valence-corrected chi connectivity index (χ2v) is 5.91. The molecule has 0 bridgehead atoms. The molecule has 0 aliphatic heterocycles. The van der Waals surface area contributed by atoms with Crippen LogP contribution in [0.4, 0.5) is 0 Å². The van der Waals surface area contributed by atoms with Crippen LogP contribution in [0.15, 0.2) is 79.4 Å². The van der Waals surface area contributed by atoms with E-state index in [1.165, 1.54) is 5.56 Å². The minimum atomic E-state index is -0.453. The molecule has 0 saturated carbocycles. The number of hydrogen-bond donors (Lipinski definition) is 0. The summed E-state index contributed by atoms with van der Waals surface area (Å²) >= 11 is 0. The molecule has 0 saturated heterocycles.